The lowest BCUT2D eigenvalue weighted by atomic mass is 9.99. The van der Waals surface area contributed by atoms with Crippen LogP contribution in [0.15, 0.2) is 6.33 Å². The molecular formula is C13H24N4O. The summed E-state index contributed by atoms with van der Waals surface area (Å²) in [5.74, 6) is 1.67. The van der Waals surface area contributed by atoms with Gasteiger partial charge in [-0.2, -0.15) is 0 Å². The second kappa shape index (κ2) is 6.54. The summed E-state index contributed by atoms with van der Waals surface area (Å²) in [5.41, 5.74) is 0.734. The first-order valence-electron chi connectivity index (χ1n) is 6.50. The number of aromatic nitrogens is 2. The van der Waals surface area contributed by atoms with E-state index in [-0.39, 0.29) is 12.1 Å². The molecule has 5 nitrogen and oxygen atoms in total. The fraction of sp³-hybridized carbons (Fsp3) is 0.692. The zero-order valence-corrected chi connectivity index (χ0v) is 11.7. The Balaban J connectivity index is 3.07. The van der Waals surface area contributed by atoms with E-state index >= 15 is 0 Å². The van der Waals surface area contributed by atoms with E-state index in [2.05, 4.69) is 27.5 Å². The van der Waals surface area contributed by atoms with Crippen molar-refractivity contribution in [1.29, 1.82) is 0 Å². The van der Waals surface area contributed by atoms with Gasteiger partial charge in [-0.1, -0.05) is 20.3 Å². The van der Waals surface area contributed by atoms with Crippen LogP contribution >= 0.6 is 0 Å². The van der Waals surface area contributed by atoms with Gasteiger partial charge in [0.2, 0.25) is 0 Å². The molecule has 1 rings (SSSR count). The second-order valence-corrected chi connectivity index (χ2v) is 4.75. The monoisotopic (exact) mass is 252 g/mol. The van der Waals surface area contributed by atoms with Crippen LogP contribution in [0.1, 0.15) is 39.2 Å². The molecule has 1 aromatic rings. The normalized spacial score (nSPS) is 14.1. The lowest BCUT2D eigenvalue weighted by Crippen LogP contribution is -2.38. The highest BCUT2D eigenvalue weighted by atomic mass is 16.3. The Morgan fingerprint density at radius 1 is 1.28 bits per heavy atom. The van der Waals surface area contributed by atoms with Crippen LogP contribution in [0.25, 0.3) is 0 Å². The molecule has 0 aliphatic rings. The molecule has 0 saturated carbocycles. The van der Waals surface area contributed by atoms with E-state index in [9.17, 15) is 5.11 Å². The molecule has 1 atom stereocenters. The van der Waals surface area contributed by atoms with Crippen molar-refractivity contribution in [2.24, 2.45) is 0 Å². The fourth-order valence-electron chi connectivity index (χ4n) is 1.75. The molecule has 0 aromatic carbocycles. The van der Waals surface area contributed by atoms with E-state index in [1.165, 1.54) is 0 Å². The van der Waals surface area contributed by atoms with Crippen LogP contribution in [0.5, 0.6) is 0 Å². The largest absolute Gasteiger partial charge is 0.394 e. The van der Waals surface area contributed by atoms with Gasteiger partial charge < -0.3 is 15.7 Å². The van der Waals surface area contributed by atoms with E-state index in [0.29, 0.717) is 0 Å². The summed E-state index contributed by atoms with van der Waals surface area (Å²) in [5, 5.41) is 15.9. The van der Waals surface area contributed by atoms with Gasteiger partial charge in [0.25, 0.3) is 0 Å². The highest BCUT2D eigenvalue weighted by molar-refractivity contribution is 5.58. The van der Waals surface area contributed by atoms with Crippen molar-refractivity contribution in [2.45, 2.75) is 45.6 Å². The van der Waals surface area contributed by atoms with Crippen molar-refractivity contribution in [1.82, 2.24) is 9.97 Å². The Bertz CT molecular complexity index is 377. The molecule has 5 heteroatoms. The van der Waals surface area contributed by atoms with E-state index in [1.54, 1.807) is 6.33 Å². The minimum Gasteiger partial charge on any atom is -0.394 e. The van der Waals surface area contributed by atoms with Crippen molar-refractivity contribution >= 4 is 11.6 Å². The molecule has 0 aliphatic carbocycles. The quantitative estimate of drug-likeness (QED) is 0.693. The Kier molecular flexibility index (Phi) is 5.34. The molecule has 1 aromatic heterocycles. The van der Waals surface area contributed by atoms with Crippen molar-refractivity contribution in [3.8, 4) is 0 Å². The number of aliphatic hydroxyl groups is 1. The molecule has 0 aliphatic heterocycles. The molecular weight excluding hydrogens is 228 g/mol. The predicted octanol–water partition coefficient (Wildman–Crippen LogP) is 2.04. The predicted molar refractivity (Wildman–Crippen MR) is 75.0 cm³/mol. The molecule has 102 valence electrons. The number of nitrogens with one attached hydrogen (secondary N) is 2. The van der Waals surface area contributed by atoms with Gasteiger partial charge in [0.1, 0.15) is 18.0 Å². The summed E-state index contributed by atoms with van der Waals surface area (Å²) in [7, 11) is 1.86. The van der Waals surface area contributed by atoms with Gasteiger partial charge in [-0.25, -0.2) is 9.97 Å². The summed E-state index contributed by atoms with van der Waals surface area (Å²) in [6.07, 6.45) is 4.30. The Labute approximate surface area is 109 Å². The van der Waals surface area contributed by atoms with E-state index < -0.39 is 0 Å². The van der Waals surface area contributed by atoms with Gasteiger partial charge in [0, 0.05) is 12.6 Å². The molecule has 1 unspecified atom stereocenters. The topological polar surface area (TPSA) is 70.1 Å². The maximum atomic E-state index is 9.47. The van der Waals surface area contributed by atoms with Crippen LogP contribution in [-0.2, 0) is 6.42 Å². The Hall–Kier alpha value is -1.36. The average Bonchev–Trinajstić information content (AvgIpc) is 2.40. The van der Waals surface area contributed by atoms with Crippen LogP contribution in [0, 0.1) is 0 Å². The van der Waals surface area contributed by atoms with E-state index in [1.807, 2.05) is 20.9 Å². The van der Waals surface area contributed by atoms with Crippen LogP contribution < -0.4 is 10.6 Å². The molecule has 0 spiro atoms. The van der Waals surface area contributed by atoms with Crippen molar-refractivity contribution < 1.29 is 5.11 Å². The minimum absolute atomic E-state index is 0.0773. The molecule has 1 heterocycles. The molecule has 0 bridgehead atoms. The maximum Gasteiger partial charge on any atom is 0.135 e. The summed E-state index contributed by atoms with van der Waals surface area (Å²) in [6, 6.07) is 0. The lowest BCUT2D eigenvalue weighted by Gasteiger charge is -2.29. The number of hydrogen-bond acceptors (Lipinski definition) is 5. The molecule has 3 N–H and O–H groups in total. The number of aliphatic hydroxyl groups excluding tert-OH is 1. The van der Waals surface area contributed by atoms with Gasteiger partial charge in [0.15, 0.2) is 0 Å². The summed E-state index contributed by atoms with van der Waals surface area (Å²) in [4.78, 5) is 8.55. The third-order valence-corrected chi connectivity index (χ3v) is 3.23. The molecule has 0 amide bonds. The van der Waals surface area contributed by atoms with Crippen LogP contribution in [0.4, 0.5) is 11.6 Å². The SMILES string of the molecule is CCCc1c(NC)ncnc1NC(C)(CC)CO. The van der Waals surface area contributed by atoms with E-state index in [4.69, 9.17) is 0 Å². The minimum atomic E-state index is -0.345. The number of anilines is 2. The fourth-order valence-corrected chi connectivity index (χ4v) is 1.75. The summed E-state index contributed by atoms with van der Waals surface area (Å²) in [6.45, 7) is 6.24. The second-order valence-electron chi connectivity index (χ2n) is 4.75. The van der Waals surface area contributed by atoms with Crippen molar-refractivity contribution in [3.05, 3.63) is 11.9 Å². The third kappa shape index (κ3) is 3.32. The van der Waals surface area contributed by atoms with Crippen LogP contribution in [-0.4, -0.2) is 34.3 Å². The van der Waals surface area contributed by atoms with Gasteiger partial charge in [0.05, 0.1) is 12.1 Å². The standard InChI is InChI=1S/C13H24N4O/c1-5-7-10-11(14-4)15-9-16-12(10)17-13(3,6-2)8-18/h9,18H,5-8H2,1-4H3,(H2,14,15,16,17). The first-order valence-corrected chi connectivity index (χ1v) is 6.50. The van der Waals surface area contributed by atoms with E-state index in [0.717, 1.165) is 36.5 Å². The first kappa shape index (κ1) is 14.7. The highest BCUT2D eigenvalue weighted by Gasteiger charge is 2.23. The number of nitrogens with zero attached hydrogens (tertiary/aromatic N) is 2. The van der Waals surface area contributed by atoms with Gasteiger partial charge in [-0.05, 0) is 19.8 Å². The van der Waals surface area contributed by atoms with Crippen molar-refractivity contribution in [2.75, 3.05) is 24.3 Å². The molecule has 18 heavy (non-hydrogen) atoms. The molecule has 0 radical (unpaired) electrons. The summed E-state index contributed by atoms with van der Waals surface area (Å²) >= 11 is 0. The van der Waals surface area contributed by atoms with Crippen LogP contribution in [0.2, 0.25) is 0 Å². The van der Waals surface area contributed by atoms with Crippen LogP contribution in [0.3, 0.4) is 0 Å². The zero-order chi connectivity index (χ0) is 13.6. The smallest absolute Gasteiger partial charge is 0.135 e. The van der Waals surface area contributed by atoms with Gasteiger partial charge >= 0.3 is 0 Å². The lowest BCUT2D eigenvalue weighted by molar-refractivity contribution is 0.218. The molecule has 0 saturated heterocycles. The average molecular weight is 252 g/mol. The first-order chi connectivity index (χ1) is 8.60. The third-order valence-electron chi connectivity index (χ3n) is 3.23. The Morgan fingerprint density at radius 2 is 1.94 bits per heavy atom. The summed E-state index contributed by atoms with van der Waals surface area (Å²) < 4.78 is 0. The number of hydrogen-bond donors (Lipinski definition) is 3. The van der Waals surface area contributed by atoms with Gasteiger partial charge in [-0.3, -0.25) is 0 Å². The molecule has 0 fully saturated rings. The number of rotatable bonds is 7. The van der Waals surface area contributed by atoms with Gasteiger partial charge in [-0.15, -0.1) is 0 Å². The highest BCUT2D eigenvalue weighted by Crippen LogP contribution is 2.25. The van der Waals surface area contributed by atoms with Crippen molar-refractivity contribution in [3.63, 3.8) is 0 Å². The zero-order valence-electron chi connectivity index (χ0n) is 11.7. The Morgan fingerprint density at radius 3 is 2.44 bits per heavy atom. The maximum absolute atomic E-state index is 9.47.